The van der Waals surface area contributed by atoms with Gasteiger partial charge >= 0.3 is 0 Å². The molecule has 0 amide bonds. The highest BCUT2D eigenvalue weighted by Gasteiger charge is 2.29. The molecular weight excluding hydrogens is 262 g/mol. The molecule has 0 fully saturated rings. The molecule has 110 valence electrons. The summed E-state index contributed by atoms with van der Waals surface area (Å²) in [5, 5.41) is 3.40. The van der Waals surface area contributed by atoms with Gasteiger partial charge in [-0.05, 0) is 31.2 Å². The van der Waals surface area contributed by atoms with Crippen LogP contribution in [-0.2, 0) is 0 Å². The van der Waals surface area contributed by atoms with Gasteiger partial charge in [-0.3, -0.25) is 0 Å². The van der Waals surface area contributed by atoms with Crippen LogP contribution in [0.25, 0.3) is 0 Å². The van der Waals surface area contributed by atoms with Gasteiger partial charge in [-0.25, -0.2) is 0 Å². The maximum atomic E-state index is 6.25. The molecule has 0 aromatic heterocycles. The summed E-state index contributed by atoms with van der Waals surface area (Å²) < 4.78 is 11.6. The van der Waals surface area contributed by atoms with E-state index in [2.05, 4.69) is 42.6 Å². The van der Waals surface area contributed by atoms with Gasteiger partial charge in [0.2, 0.25) is 0 Å². The number of hydrogen-bond acceptors (Lipinski definition) is 3. The zero-order valence-corrected chi connectivity index (χ0v) is 12.7. The molecule has 2 atom stereocenters. The number of nitrogens with one attached hydrogen (secondary N) is 1. The lowest BCUT2D eigenvalue weighted by molar-refractivity contribution is 0.152. The Labute approximate surface area is 125 Å². The summed E-state index contributed by atoms with van der Waals surface area (Å²) in [4.78, 5) is 0. The van der Waals surface area contributed by atoms with Crippen molar-refractivity contribution in [2.24, 2.45) is 0 Å². The quantitative estimate of drug-likeness (QED) is 0.929. The van der Waals surface area contributed by atoms with E-state index in [1.54, 1.807) is 7.11 Å². The fraction of sp³-hybridized carbons (Fsp3) is 0.333. The van der Waals surface area contributed by atoms with Crippen LogP contribution in [0.4, 0.5) is 0 Å². The van der Waals surface area contributed by atoms with Crippen molar-refractivity contribution in [2.45, 2.75) is 25.5 Å². The SMILES string of the molecule is CNC1CC(c2ccccc2C)Oc2cc(OC)ccc21. The molecule has 2 aromatic rings. The fourth-order valence-electron chi connectivity index (χ4n) is 2.99. The van der Waals surface area contributed by atoms with Crippen LogP contribution in [0, 0.1) is 6.92 Å². The van der Waals surface area contributed by atoms with E-state index in [1.165, 1.54) is 16.7 Å². The van der Waals surface area contributed by atoms with Crippen LogP contribution in [0.15, 0.2) is 42.5 Å². The van der Waals surface area contributed by atoms with Gasteiger partial charge in [0.1, 0.15) is 17.6 Å². The average molecular weight is 283 g/mol. The second-order valence-corrected chi connectivity index (χ2v) is 5.44. The number of methoxy groups -OCH3 is 1. The Morgan fingerprint density at radius 2 is 1.95 bits per heavy atom. The van der Waals surface area contributed by atoms with Gasteiger partial charge < -0.3 is 14.8 Å². The minimum absolute atomic E-state index is 0.0725. The summed E-state index contributed by atoms with van der Waals surface area (Å²) in [5.41, 5.74) is 3.72. The Bertz CT molecular complexity index is 639. The highest BCUT2D eigenvalue weighted by molar-refractivity contribution is 5.45. The van der Waals surface area contributed by atoms with Crippen molar-refractivity contribution in [2.75, 3.05) is 14.2 Å². The molecular formula is C18H21NO2. The van der Waals surface area contributed by atoms with Gasteiger partial charge in [-0.1, -0.05) is 30.3 Å². The lowest BCUT2D eigenvalue weighted by Gasteiger charge is -2.33. The molecule has 0 spiro atoms. The standard InChI is InChI=1S/C18H21NO2/c1-12-6-4-5-7-14(12)18-11-16(19-2)15-9-8-13(20-3)10-17(15)21-18/h4-10,16,18-19H,11H2,1-3H3. The van der Waals surface area contributed by atoms with Crippen molar-refractivity contribution in [1.29, 1.82) is 0 Å². The van der Waals surface area contributed by atoms with E-state index in [0.717, 1.165) is 17.9 Å². The summed E-state index contributed by atoms with van der Waals surface area (Å²) in [6, 6.07) is 14.8. The average Bonchev–Trinajstić information content (AvgIpc) is 2.53. The highest BCUT2D eigenvalue weighted by Crippen LogP contribution is 2.42. The van der Waals surface area contributed by atoms with Crippen LogP contribution in [-0.4, -0.2) is 14.2 Å². The first-order chi connectivity index (χ1) is 10.2. The monoisotopic (exact) mass is 283 g/mol. The first-order valence-electron chi connectivity index (χ1n) is 7.30. The number of rotatable bonds is 3. The Kier molecular flexibility index (Phi) is 3.84. The van der Waals surface area contributed by atoms with E-state index in [1.807, 2.05) is 19.2 Å². The fourth-order valence-corrected chi connectivity index (χ4v) is 2.99. The van der Waals surface area contributed by atoms with E-state index in [4.69, 9.17) is 9.47 Å². The van der Waals surface area contributed by atoms with Crippen LogP contribution in [0.2, 0.25) is 0 Å². The predicted molar refractivity (Wildman–Crippen MR) is 84.0 cm³/mol. The molecule has 3 rings (SSSR count). The summed E-state index contributed by atoms with van der Waals surface area (Å²) in [6.07, 6.45) is 1.00. The number of benzene rings is 2. The predicted octanol–water partition coefficient (Wildman–Crippen LogP) is 3.79. The second-order valence-electron chi connectivity index (χ2n) is 5.44. The summed E-state index contributed by atoms with van der Waals surface area (Å²) in [5.74, 6) is 1.74. The molecule has 0 saturated carbocycles. The van der Waals surface area contributed by atoms with Crippen molar-refractivity contribution < 1.29 is 9.47 Å². The number of ether oxygens (including phenoxy) is 2. The topological polar surface area (TPSA) is 30.5 Å². The van der Waals surface area contributed by atoms with Gasteiger partial charge in [0.25, 0.3) is 0 Å². The lowest BCUT2D eigenvalue weighted by atomic mass is 9.91. The van der Waals surface area contributed by atoms with Gasteiger partial charge in [-0.15, -0.1) is 0 Å². The molecule has 3 heteroatoms. The van der Waals surface area contributed by atoms with E-state index in [-0.39, 0.29) is 6.10 Å². The van der Waals surface area contributed by atoms with E-state index < -0.39 is 0 Å². The van der Waals surface area contributed by atoms with Crippen molar-refractivity contribution in [3.05, 3.63) is 59.2 Å². The van der Waals surface area contributed by atoms with E-state index in [0.29, 0.717) is 6.04 Å². The molecule has 1 aliphatic heterocycles. The lowest BCUT2D eigenvalue weighted by Crippen LogP contribution is -2.27. The van der Waals surface area contributed by atoms with Crippen LogP contribution in [0.1, 0.15) is 35.3 Å². The van der Waals surface area contributed by atoms with Gasteiger partial charge in [0, 0.05) is 24.1 Å². The van der Waals surface area contributed by atoms with E-state index >= 15 is 0 Å². The summed E-state index contributed by atoms with van der Waals surface area (Å²) in [6.45, 7) is 2.13. The largest absolute Gasteiger partial charge is 0.497 e. The molecule has 1 N–H and O–H groups in total. The molecule has 0 bridgehead atoms. The Morgan fingerprint density at radius 3 is 2.67 bits per heavy atom. The molecule has 0 aliphatic carbocycles. The van der Waals surface area contributed by atoms with Crippen molar-refractivity contribution in [3.63, 3.8) is 0 Å². The Balaban J connectivity index is 1.99. The van der Waals surface area contributed by atoms with Crippen LogP contribution in [0.3, 0.4) is 0 Å². The second kappa shape index (κ2) is 5.78. The summed E-state index contributed by atoms with van der Waals surface area (Å²) >= 11 is 0. The Hall–Kier alpha value is -2.00. The van der Waals surface area contributed by atoms with Crippen molar-refractivity contribution in [1.82, 2.24) is 5.32 Å². The van der Waals surface area contributed by atoms with Crippen molar-refractivity contribution >= 4 is 0 Å². The third kappa shape index (κ3) is 2.61. The maximum absolute atomic E-state index is 6.25. The van der Waals surface area contributed by atoms with E-state index in [9.17, 15) is 0 Å². The zero-order valence-electron chi connectivity index (χ0n) is 12.7. The Morgan fingerprint density at radius 1 is 1.14 bits per heavy atom. The zero-order chi connectivity index (χ0) is 14.8. The van der Waals surface area contributed by atoms with Crippen molar-refractivity contribution in [3.8, 4) is 11.5 Å². The molecule has 0 radical (unpaired) electrons. The smallest absolute Gasteiger partial charge is 0.128 e. The number of fused-ring (bicyclic) bond motifs is 1. The van der Waals surface area contributed by atoms with Gasteiger partial charge in [0.15, 0.2) is 0 Å². The maximum Gasteiger partial charge on any atom is 0.128 e. The highest BCUT2D eigenvalue weighted by atomic mass is 16.5. The number of aryl methyl sites for hydroxylation is 1. The molecule has 21 heavy (non-hydrogen) atoms. The normalized spacial score (nSPS) is 20.5. The van der Waals surface area contributed by atoms with Crippen LogP contribution >= 0.6 is 0 Å². The molecule has 1 aliphatic rings. The molecule has 3 nitrogen and oxygen atoms in total. The van der Waals surface area contributed by atoms with Gasteiger partial charge in [0.05, 0.1) is 7.11 Å². The van der Waals surface area contributed by atoms with Crippen LogP contribution < -0.4 is 14.8 Å². The minimum atomic E-state index is 0.0725. The first kappa shape index (κ1) is 14.0. The molecule has 2 aromatic carbocycles. The van der Waals surface area contributed by atoms with Gasteiger partial charge in [-0.2, -0.15) is 0 Å². The minimum Gasteiger partial charge on any atom is -0.497 e. The molecule has 1 heterocycles. The molecule has 0 saturated heterocycles. The third-order valence-electron chi connectivity index (χ3n) is 4.20. The summed E-state index contributed by atoms with van der Waals surface area (Å²) in [7, 11) is 3.68. The number of hydrogen-bond donors (Lipinski definition) is 1. The third-order valence-corrected chi connectivity index (χ3v) is 4.20. The van der Waals surface area contributed by atoms with Crippen LogP contribution in [0.5, 0.6) is 11.5 Å². The molecule has 2 unspecified atom stereocenters. The first-order valence-corrected chi connectivity index (χ1v) is 7.30.